The number of hydrogen-bond donors (Lipinski definition) is 3. The quantitative estimate of drug-likeness (QED) is 0.245. The molecule has 0 aromatic heterocycles. The predicted molar refractivity (Wildman–Crippen MR) is 155 cm³/mol. The van der Waals surface area contributed by atoms with Gasteiger partial charge in [-0.2, -0.15) is 0 Å². The molecule has 9 heteroatoms. The molecule has 0 bridgehead atoms. The molecule has 1 heterocycles. The van der Waals surface area contributed by atoms with Crippen LogP contribution in [0.2, 0.25) is 0 Å². The van der Waals surface area contributed by atoms with Crippen LogP contribution in [0, 0.1) is 5.92 Å². The number of nitrogens with zero attached hydrogens (tertiary/aromatic N) is 4. The van der Waals surface area contributed by atoms with E-state index in [-0.39, 0.29) is 5.91 Å². The summed E-state index contributed by atoms with van der Waals surface area (Å²) in [5, 5.41) is 3.78. The maximum absolute atomic E-state index is 12.5. The molecule has 0 spiro atoms. The second-order valence-corrected chi connectivity index (χ2v) is 11.3. The van der Waals surface area contributed by atoms with Gasteiger partial charge in [-0.05, 0) is 89.1 Å². The predicted octanol–water partition coefficient (Wildman–Crippen LogP) is 2.11. The monoisotopic (exact) mass is 525 g/mol. The molecule has 1 aromatic carbocycles. The Hall–Kier alpha value is -2.75. The van der Waals surface area contributed by atoms with Crippen LogP contribution < -0.4 is 21.7 Å². The molecule has 0 radical (unpaired) electrons. The minimum absolute atomic E-state index is 0.0435. The Kier molecular flexibility index (Phi) is 10.9. The lowest BCUT2D eigenvalue weighted by Gasteiger charge is -2.38. The summed E-state index contributed by atoms with van der Waals surface area (Å²) < 4.78 is 0. The number of nitrogens with two attached hydrogens (primary N) is 2. The van der Waals surface area contributed by atoms with Gasteiger partial charge < -0.3 is 26.6 Å². The normalized spacial score (nSPS) is 22.0. The molecule has 1 aliphatic carbocycles. The molecule has 1 saturated heterocycles. The van der Waals surface area contributed by atoms with Gasteiger partial charge in [0, 0.05) is 57.2 Å². The van der Waals surface area contributed by atoms with Crippen LogP contribution in [-0.4, -0.2) is 85.3 Å². The van der Waals surface area contributed by atoms with Crippen molar-refractivity contribution >= 4 is 23.8 Å². The summed E-state index contributed by atoms with van der Waals surface area (Å²) in [7, 11) is 1.74. The third-order valence-corrected chi connectivity index (χ3v) is 7.65. The second-order valence-electron chi connectivity index (χ2n) is 11.3. The van der Waals surface area contributed by atoms with E-state index >= 15 is 0 Å². The van der Waals surface area contributed by atoms with Crippen molar-refractivity contribution in [2.24, 2.45) is 22.4 Å². The van der Waals surface area contributed by atoms with Crippen molar-refractivity contribution in [2.75, 3.05) is 44.7 Å². The molecule has 38 heavy (non-hydrogen) atoms. The number of aliphatic imine (C=N–C) groups is 1. The van der Waals surface area contributed by atoms with Crippen molar-refractivity contribution < 1.29 is 9.59 Å². The van der Waals surface area contributed by atoms with E-state index in [0.717, 1.165) is 30.9 Å². The first-order valence-corrected chi connectivity index (χ1v) is 13.9. The number of benzene rings is 1. The standard InChI is InChI=1S/C29H47N7O2/c1-22(33-25-9-5-24(20-30)6-10-25)19-23-7-11-26(12-8-23)36(21-37)14-13-27(32-4)34-15-17-35(18-16-34)28(38)29(2,3)31/h7-8,11-14,21-22,24-25,33H,5-6,9-10,15-20,30-31H2,1-4H3/b14-13-,32-27+. The average Bonchev–Trinajstić information content (AvgIpc) is 2.91. The number of amidine groups is 1. The lowest BCUT2D eigenvalue weighted by molar-refractivity contribution is -0.137. The van der Waals surface area contributed by atoms with Crippen LogP contribution in [0.3, 0.4) is 0 Å². The number of carbonyl (C=O) groups is 2. The molecular weight excluding hydrogens is 478 g/mol. The highest BCUT2D eigenvalue weighted by atomic mass is 16.2. The van der Waals surface area contributed by atoms with Gasteiger partial charge in [0.05, 0.1) is 5.54 Å². The highest BCUT2D eigenvalue weighted by Gasteiger charge is 2.30. The molecule has 1 aliphatic heterocycles. The van der Waals surface area contributed by atoms with Gasteiger partial charge in [0.25, 0.3) is 0 Å². The number of rotatable bonds is 10. The zero-order valence-electron chi connectivity index (χ0n) is 23.6. The van der Waals surface area contributed by atoms with Gasteiger partial charge in [-0.1, -0.05) is 12.1 Å². The van der Waals surface area contributed by atoms with E-state index in [0.29, 0.717) is 44.2 Å². The summed E-state index contributed by atoms with van der Waals surface area (Å²) in [6, 6.07) is 9.11. The van der Waals surface area contributed by atoms with Gasteiger partial charge in [-0.15, -0.1) is 0 Å². The van der Waals surface area contributed by atoms with Crippen molar-refractivity contribution in [1.29, 1.82) is 0 Å². The van der Waals surface area contributed by atoms with E-state index in [2.05, 4.69) is 34.3 Å². The number of nitrogens with one attached hydrogen (secondary N) is 1. The van der Waals surface area contributed by atoms with Crippen LogP contribution in [0.15, 0.2) is 41.5 Å². The Labute approximate surface area is 228 Å². The number of anilines is 1. The van der Waals surface area contributed by atoms with Gasteiger partial charge in [0.15, 0.2) is 0 Å². The van der Waals surface area contributed by atoms with E-state index in [4.69, 9.17) is 11.5 Å². The topological polar surface area (TPSA) is 120 Å². The number of amides is 2. The Morgan fingerprint density at radius 1 is 1.13 bits per heavy atom. The molecule has 210 valence electrons. The van der Waals surface area contributed by atoms with E-state index in [1.807, 2.05) is 18.2 Å². The molecule has 2 amide bonds. The van der Waals surface area contributed by atoms with Crippen LogP contribution in [0.1, 0.15) is 52.0 Å². The largest absolute Gasteiger partial charge is 0.353 e. The molecule has 1 aromatic rings. The highest BCUT2D eigenvalue weighted by Crippen LogP contribution is 2.24. The van der Waals surface area contributed by atoms with Crippen LogP contribution in [-0.2, 0) is 16.0 Å². The summed E-state index contributed by atoms with van der Waals surface area (Å²) >= 11 is 0. The van der Waals surface area contributed by atoms with Crippen molar-refractivity contribution in [1.82, 2.24) is 15.1 Å². The fourth-order valence-corrected chi connectivity index (χ4v) is 5.38. The van der Waals surface area contributed by atoms with Crippen LogP contribution in [0.25, 0.3) is 0 Å². The van der Waals surface area contributed by atoms with E-state index in [1.165, 1.54) is 31.2 Å². The molecule has 2 aliphatic rings. The zero-order valence-corrected chi connectivity index (χ0v) is 23.6. The first-order valence-electron chi connectivity index (χ1n) is 13.9. The molecule has 3 rings (SSSR count). The molecule has 1 saturated carbocycles. The van der Waals surface area contributed by atoms with Crippen molar-refractivity contribution in [3.63, 3.8) is 0 Å². The molecule has 1 atom stereocenters. The van der Waals surface area contributed by atoms with Gasteiger partial charge in [0.2, 0.25) is 12.3 Å². The van der Waals surface area contributed by atoms with Crippen LogP contribution in [0.4, 0.5) is 5.69 Å². The van der Waals surface area contributed by atoms with Gasteiger partial charge >= 0.3 is 0 Å². The summed E-state index contributed by atoms with van der Waals surface area (Å²) in [5.41, 5.74) is 13.0. The van der Waals surface area contributed by atoms with E-state index in [1.54, 1.807) is 36.9 Å². The third kappa shape index (κ3) is 8.38. The maximum atomic E-state index is 12.5. The van der Waals surface area contributed by atoms with Gasteiger partial charge in [0.1, 0.15) is 5.84 Å². The van der Waals surface area contributed by atoms with Crippen molar-refractivity contribution in [3.05, 3.63) is 42.1 Å². The van der Waals surface area contributed by atoms with E-state index in [9.17, 15) is 9.59 Å². The molecule has 1 unspecified atom stereocenters. The number of piperazine rings is 1. The summed E-state index contributed by atoms with van der Waals surface area (Å²) in [6.07, 6.45) is 10.2. The Balaban J connectivity index is 1.51. The highest BCUT2D eigenvalue weighted by molar-refractivity contribution is 5.94. The average molecular weight is 526 g/mol. The first kappa shape index (κ1) is 29.8. The number of hydrogen-bond acceptors (Lipinski definition) is 6. The van der Waals surface area contributed by atoms with Gasteiger partial charge in [-0.25, -0.2) is 0 Å². The molecule has 9 nitrogen and oxygen atoms in total. The molecular formula is C29H47N7O2. The lowest BCUT2D eigenvalue weighted by atomic mass is 9.85. The summed E-state index contributed by atoms with van der Waals surface area (Å²) in [5.74, 6) is 1.42. The second kappa shape index (κ2) is 13.9. The van der Waals surface area contributed by atoms with Crippen LogP contribution in [0.5, 0.6) is 0 Å². The fraction of sp³-hybridized carbons (Fsp3) is 0.621. The SMILES string of the molecule is C/N=C(\C=C/N(C=O)c1ccc(CC(C)NC2CCC(CN)CC2)cc1)N1CCN(C(=O)C(C)(C)N)CC1. The van der Waals surface area contributed by atoms with Crippen LogP contribution >= 0.6 is 0 Å². The minimum atomic E-state index is -0.873. The summed E-state index contributed by atoms with van der Waals surface area (Å²) in [6.45, 7) is 9.02. The van der Waals surface area contributed by atoms with E-state index < -0.39 is 5.54 Å². The zero-order chi connectivity index (χ0) is 27.7. The lowest BCUT2D eigenvalue weighted by Crippen LogP contribution is -2.57. The molecule has 2 fully saturated rings. The van der Waals surface area contributed by atoms with Gasteiger partial charge in [-0.3, -0.25) is 19.5 Å². The smallest absolute Gasteiger partial charge is 0.242 e. The Morgan fingerprint density at radius 3 is 2.26 bits per heavy atom. The third-order valence-electron chi connectivity index (χ3n) is 7.65. The summed E-state index contributed by atoms with van der Waals surface area (Å²) in [4.78, 5) is 34.2. The minimum Gasteiger partial charge on any atom is -0.353 e. The van der Waals surface area contributed by atoms with Crippen molar-refractivity contribution in [2.45, 2.75) is 70.5 Å². The number of carbonyl (C=O) groups excluding carboxylic acids is 2. The maximum Gasteiger partial charge on any atom is 0.242 e. The first-order chi connectivity index (χ1) is 18.1. The van der Waals surface area contributed by atoms with Crippen molar-refractivity contribution in [3.8, 4) is 0 Å². The fourth-order valence-electron chi connectivity index (χ4n) is 5.38. The Morgan fingerprint density at radius 2 is 1.74 bits per heavy atom. The molecule has 5 N–H and O–H groups in total. The Bertz CT molecular complexity index is 954.